The lowest BCUT2D eigenvalue weighted by molar-refractivity contribution is 0.252. The van der Waals surface area contributed by atoms with Crippen molar-refractivity contribution in [2.24, 2.45) is 0 Å². The van der Waals surface area contributed by atoms with E-state index >= 15 is 0 Å². The van der Waals surface area contributed by atoms with E-state index in [9.17, 15) is 12.8 Å². The molecule has 3 heterocycles. The summed E-state index contributed by atoms with van der Waals surface area (Å²) >= 11 is 3.25. The highest BCUT2D eigenvalue weighted by atomic mass is 32.2. The largest absolute Gasteiger partial charge is 0.369 e. The van der Waals surface area contributed by atoms with E-state index in [1.165, 1.54) is 23.5 Å². The molecule has 8 heteroatoms. The topological polar surface area (TPSA) is 40.6 Å². The van der Waals surface area contributed by atoms with Crippen molar-refractivity contribution in [3.8, 4) is 0 Å². The predicted octanol–water partition coefficient (Wildman–Crippen LogP) is 4.83. The number of thiophene rings is 1. The molecule has 0 N–H and O–H groups in total. The first kappa shape index (κ1) is 22.1. The van der Waals surface area contributed by atoms with Gasteiger partial charge in [-0.2, -0.15) is 11.8 Å². The quantitative estimate of drug-likeness (QED) is 0.582. The van der Waals surface area contributed by atoms with Gasteiger partial charge in [-0.3, -0.25) is 4.90 Å². The van der Waals surface area contributed by atoms with Crippen molar-refractivity contribution in [3.63, 3.8) is 0 Å². The van der Waals surface area contributed by atoms with E-state index in [4.69, 9.17) is 0 Å². The van der Waals surface area contributed by atoms with Gasteiger partial charge < -0.3 is 4.90 Å². The molecular weight excluding hydrogens is 439 g/mol. The highest BCUT2D eigenvalue weighted by Gasteiger charge is 2.39. The average molecular weight is 469 g/mol. The molecule has 2 aliphatic heterocycles. The van der Waals surface area contributed by atoms with Gasteiger partial charge in [0.25, 0.3) is 0 Å². The zero-order valence-electron chi connectivity index (χ0n) is 17.3. The van der Waals surface area contributed by atoms with Gasteiger partial charge in [-0.15, -0.1) is 11.3 Å². The van der Waals surface area contributed by atoms with Crippen LogP contribution in [0, 0.1) is 5.82 Å². The van der Waals surface area contributed by atoms with Crippen molar-refractivity contribution < 1.29 is 12.8 Å². The molecule has 0 aliphatic carbocycles. The Bertz CT molecular complexity index is 938. The van der Waals surface area contributed by atoms with Crippen LogP contribution < -0.4 is 4.90 Å². The summed E-state index contributed by atoms with van der Waals surface area (Å²) in [6.45, 7) is 6.82. The van der Waals surface area contributed by atoms with Crippen LogP contribution >= 0.6 is 23.1 Å². The summed E-state index contributed by atoms with van der Waals surface area (Å²) in [5.74, 6) is 0.801. The second-order valence-electron chi connectivity index (χ2n) is 7.96. The van der Waals surface area contributed by atoms with Crippen molar-refractivity contribution in [2.45, 2.75) is 40.9 Å². The molecule has 4 rings (SSSR count). The van der Waals surface area contributed by atoms with E-state index in [0.29, 0.717) is 9.46 Å². The van der Waals surface area contributed by atoms with Crippen molar-refractivity contribution in [1.29, 1.82) is 0 Å². The van der Waals surface area contributed by atoms with E-state index in [1.807, 2.05) is 35.3 Å². The summed E-state index contributed by atoms with van der Waals surface area (Å²) in [6.07, 6.45) is 2.38. The zero-order chi connectivity index (χ0) is 21.1. The first-order valence-electron chi connectivity index (χ1n) is 10.6. The molecule has 2 atom stereocenters. The smallest absolute Gasteiger partial charge is 0.190 e. The summed E-state index contributed by atoms with van der Waals surface area (Å²) < 4.78 is 39.9. The summed E-state index contributed by atoms with van der Waals surface area (Å²) in [4.78, 5) is 4.71. The number of rotatable bonds is 7. The number of sulfone groups is 1. The van der Waals surface area contributed by atoms with Crippen LogP contribution in [-0.2, 0) is 9.84 Å². The van der Waals surface area contributed by atoms with E-state index < -0.39 is 9.84 Å². The van der Waals surface area contributed by atoms with Crippen molar-refractivity contribution in [2.75, 3.05) is 43.4 Å². The summed E-state index contributed by atoms with van der Waals surface area (Å²) in [5.41, 5.74) is 2.09. The maximum atomic E-state index is 13.1. The zero-order valence-corrected chi connectivity index (χ0v) is 19.7. The minimum Gasteiger partial charge on any atom is -0.369 e. The number of fused-ring (bicyclic) bond motifs is 1. The molecule has 1 fully saturated rings. The number of piperazine rings is 1. The van der Waals surface area contributed by atoms with Crippen LogP contribution in [0.4, 0.5) is 10.1 Å². The van der Waals surface area contributed by atoms with Crippen molar-refractivity contribution in [3.05, 3.63) is 47.1 Å². The lowest BCUT2D eigenvalue weighted by atomic mass is 10.1. The molecule has 1 saturated heterocycles. The maximum Gasteiger partial charge on any atom is 0.190 e. The van der Waals surface area contributed by atoms with E-state index in [1.54, 1.807) is 0 Å². The normalized spacial score (nSPS) is 24.0. The highest BCUT2D eigenvalue weighted by Crippen LogP contribution is 2.47. The minimum atomic E-state index is -3.19. The first-order valence-corrected chi connectivity index (χ1v) is 14.1. The Hall–Kier alpha value is -1.09. The predicted molar refractivity (Wildman–Crippen MR) is 125 cm³/mol. The Balaban J connectivity index is 1.29. The van der Waals surface area contributed by atoms with Crippen molar-refractivity contribution >= 4 is 38.6 Å². The lowest BCUT2D eigenvalue weighted by Gasteiger charge is -2.36. The maximum absolute atomic E-state index is 13.1. The molecule has 0 spiro atoms. The van der Waals surface area contributed by atoms with Crippen LogP contribution in [0.5, 0.6) is 0 Å². The van der Waals surface area contributed by atoms with Gasteiger partial charge in [0.05, 0.1) is 5.25 Å². The first-order chi connectivity index (χ1) is 14.5. The number of nitrogens with zero attached hydrogens (tertiary/aromatic N) is 2. The Kier molecular flexibility index (Phi) is 7.07. The minimum absolute atomic E-state index is 0.204. The van der Waals surface area contributed by atoms with Crippen LogP contribution in [0.25, 0.3) is 0 Å². The van der Waals surface area contributed by atoms with Gasteiger partial charge in [0.2, 0.25) is 0 Å². The molecule has 0 saturated carbocycles. The molecule has 1 aromatic carbocycles. The third kappa shape index (κ3) is 4.71. The molecule has 1 aromatic heterocycles. The summed E-state index contributed by atoms with van der Waals surface area (Å²) in [6, 6.07) is 8.69. The van der Waals surface area contributed by atoms with Gasteiger partial charge in [0, 0.05) is 37.1 Å². The number of benzene rings is 1. The van der Waals surface area contributed by atoms with E-state index in [-0.39, 0.29) is 11.1 Å². The molecule has 0 amide bonds. The van der Waals surface area contributed by atoms with Gasteiger partial charge in [0.15, 0.2) is 9.84 Å². The molecule has 0 radical (unpaired) electrons. The fraction of sp³-hybridized carbons (Fsp3) is 0.545. The standard InChI is InChI=1S/C22H29FN2O2S3/c1-2-28-21-16-19(30(26,27)22-20(21)9-15-29-22)4-3-10-24-11-13-25(14-12-24)18-7-5-17(23)6-8-18/h5-9,15,19,21H,2-4,10-14,16H2,1H3. The Labute approximate surface area is 187 Å². The number of hydrogen-bond acceptors (Lipinski definition) is 6. The molecule has 2 aromatic rings. The number of hydrogen-bond donors (Lipinski definition) is 0. The van der Waals surface area contributed by atoms with Crippen LogP contribution in [0.15, 0.2) is 39.9 Å². The lowest BCUT2D eigenvalue weighted by Crippen LogP contribution is -2.46. The Morgan fingerprint density at radius 2 is 1.87 bits per heavy atom. The van der Waals surface area contributed by atoms with Gasteiger partial charge in [0.1, 0.15) is 10.0 Å². The van der Waals surface area contributed by atoms with Gasteiger partial charge >= 0.3 is 0 Å². The fourth-order valence-electron chi connectivity index (χ4n) is 4.48. The van der Waals surface area contributed by atoms with Gasteiger partial charge in [-0.1, -0.05) is 6.92 Å². The molecule has 4 nitrogen and oxygen atoms in total. The third-order valence-corrected chi connectivity index (χ3v) is 11.1. The molecule has 2 unspecified atom stereocenters. The molecule has 30 heavy (non-hydrogen) atoms. The Morgan fingerprint density at radius 1 is 1.13 bits per heavy atom. The van der Waals surface area contributed by atoms with E-state index in [2.05, 4.69) is 16.7 Å². The van der Waals surface area contributed by atoms with Crippen LogP contribution in [0.1, 0.15) is 37.0 Å². The number of thioether (sulfide) groups is 1. The fourth-order valence-corrected chi connectivity index (χ4v) is 9.45. The molecular formula is C22H29FN2O2S3. The second kappa shape index (κ2) is 9.59. The Morgan fingerprint density at radius 3 is 2.57 bits per heavy atom. The molecule has 164 valence electrons. The van der Waals surface area contributed by atoms with Gasteiger partial charge in [-0.25, -0.2) is 12.8 Å². The number of halogens is 1. The summed E-state index contributed by atoms with van der Waals surface area (Å²) in [5, 5.41) is 1.98. The third-order valence-electron chi connectivity index (χ3n) is 6.11. The monoisotopic (exact) mass is 468 g/mol. The van der Waals surface area contributed by atoms with Crippen LogP contribution in [-0.4, -0.2) is 57.0 Å². The average Bonchev–Trinajstić information content (AvgIpc) is 3.24. The van der Waals surface area contributed by atoms with Crippen LogP contribution in [0.2, 0.25) is 0 Å². The van der Waals surface area contributed by atoms with Crippen LogP contribution in [0.3, 0.4) is 0 Å². The highest BCUT2D eigenvalue weighted by molar-refractivity contribution is 8.00. The number of anilines is 1. The van der Waals surface area contributed by atoms with E-state index in [0.717, 1.165) is 69.0 Å². The summed E-state index contributed by atoms with van der Waals surface area (Å²) in [7, 11) is -3.19. The van der Waals surface area contributed by atoms with Gasteiger partial charge in [-0.05, 0) is 72.8 Å². The molecule has 2 aliphatic rings. The van der Waals surface area contributed by atoms with Crippen molar-refractivity contribution in [1.82, 2.24) is 4.90 Å². The second-order valence-corrected chi connectivity index (χ2v) is 12.8. The molecule has 0 bridgehead atoms. The SMILES string of the molecule is CCSC1CC(CCCN2CCN(c3ccc(F)cc3)CC2)S(=O)(=O)c2sccc21.